The fraction of sp³-hybridized carbons (Fsp3) is 0. The lowest BCUT2D eigenvalue weighted by atomic mass is 10.1. The van der Waals surface area contributed by atoms with E-state index in [-0.39, 0.29) is 17.0 Å². The third-order valence-electron chi connectivity index (χ3n) is 2.28. The molecule has 5 nitrogen and oxygen atoms in total. The van der Waals surface area contributed by atoms with E-state index in [1.807, 2.05) is 0 Å². The lowest BCUT2D eigenvalue weighted by Crippen LogP contribution is -1.96. The van der Waals surface area contributed by atoms with Crippen molar-refractivity contribution in [3.05, 3.63) is 70.2 Å². The second-order valence-corrected chi connectivity index (χ2v) is 3.52. The zero-order chi connectivity index (χ0) is 13.0. The van der Waals surface area contributed by atoms with Gasteiger partial charge in [-0.1, -0.05) is 12.1 Å². The lowest BCUT2D eigenvalue weighted by molar-refractivity contribution is -0.384. The van der Waals surface area contributed by atoms with Gasteiger partial charge in [0.15, 0.2) is 5.78 Å². The highest BCUT2D eigenvalue weighted by molar-refractivity contribution is 6.07. The number of furan rings is 1. The second-order valence-electron chi connectivity index (χ2n) is 3.52. The summed E-state index contributed by atoms with van der Waals surface area (Å²) < 4.78 is 5.03. The fourth-order valence-corrected chi connectivity index (χ4v) is 1.41. The Balaban J connectivity index is 2.19. The van der Waals surface area contributed by atoms with Gasteiger partial charge in [0.05, 0.1) is 11.2 Å². The van der Waals surface area contributed by atoms with Crippen LogP contribution < -0.4 is 0 Å². The van der Waals surface area contributed by atoms with E-state index in [0.29, 0.717) is 5.76 Å². The minimum atomic E-state index is -0.535. The molecule has 0 saturated carbocycles. The van der Waals surface area contributed by atoms with Crippen LogP contribution in [0.4, 0.5) is 5.69 Å². The quantitative estimate of drug-likeness (QED) is 0.358. The highest BCUT2D eigenvalue weighted by Gasteiger charge is 2.09. The maximum atomic E-state index is 11.8. The molecule has 0 N–H and O–H groups in total. The summed E-state index contributed by atoms with van der Waals surface area (Å²) in [6.45, 7) is 0. The lowest BCUT2D eigenvalue weighted by Gasteiger charge is -1.95. The number of allylic oxidation sites excluding steroid dienone is 1. The van der Waals surface area contributed by atoms with Gasteiger partial charge < -0.3 is 4.42 Å². The Bertz CT molecular complexity index is 599. The third-order valence-corrected chi connectivity index (χ3v) is 2.28. The number of carbonyl (C=O) groups is 1. The van der Waals surface area contributed by atoms with Gasteiger partial charge in [-0.3, -0.25) is 14.9 Å². The molecule has 1 aromatic carbocycles. The third kappa shape index (κ3) is 2.70. The second kappa shape index (κ2) is 5.09. The molecule has 0 saturated heterocycles. The Morgan fingerprint density at radius 1 is 1.28 bits per heavy atom. The van der Waals surface area contributed by atoms with Gasteiger partial charge in [-0.25, -0.2) is 0 Å². The molecule has 2 aromatic rings. The Hall–Kier alpha value is -2.69. The molecular formula is C13H9NO4. The average molecular weight is 243 g/mol. The zero-order valence-electron chi connectivity index (χ0n) is 9.28. The number of hydrogen-bond donors (Lipinski definition) is 0. The molecule has 0 bridgehead atoms. The molecule has 0 aliphatic heterocycles. The number of non-ortho nitro benzene ring substituents is 1. The van der Waals surface area contributed by atoms with Gasteiger partial charge >= 0.3 is 0 Å². The monoisotopic (exact) mass is 243 g/mol. The largest absolute Gasteiger partial charge is 0.465 e. The van der Waals surface area contributed by atoms with Crippen molar-refractivity contribution in [3.8, 4) is 0 Å². The molecule has 0 amide bonds. The summed E-state index contributed by atoms with van der Waals surface area (Å²) in [5.41, 5.74) is 0.166. The number of hydrogen-bond acceptors (Lipinski definition) is 4. The minimum absolute atomic E-state index is 0.104. The Morgan fingerprint density at radius 2 is 2.11 bits per heavy atom. The molecule has 0 aliphatic carbocycles. The molecule has 0 aliphatic rings. The number of nitro groups is 1. The van der Waals surface area contributed by atoms with E-state index in [2.05, 4.69) is 0 Å². The highest BCUT2D eigenvalue weighted by Crippen LogP contribution is 2.14. The van der Waals surface area contributed by atoms with Crippen LogP contribution in [0.5, 0.6) is 0 Å². The molecule has 5 heteroatoms. The Morgan fingerprint density at radius 3 is 2.78 bits per heavy atom. The molecule has 0 fully saturated rings. The Labute approximate surface area is 103 Å². The van der Waals surface area contributed by atoms with E-state index in [4.69, 9.17) is 4.42 Å². The number of benzene rings is 1. The van der Waals surface area contributed by atoms with Crippen molar-refractivity contribution in [2.45, 2.75) is 0 Å². The molecule has 2 rings (SSSR count). The number of ketones is 1. The zero-order valence-corrected chi connectivity index (χ0v) is 9.28. The van der Waals surface area contributed by atoms with Gasteiger partial charge in [-0.05, 0) is 24.3 Å². The number of rotatable bonds is 4. The topological polar surface area (TPSA) is 73.3 Å². The fourth-order valence-electron chi connectivity index (χ4n) is 1.41. The maximum Gasteiger partial charge on any atom is 0.270 e. The van der Waals surface area contributed by atoms with Crippen molar-refractivity contribution in [2.24, 2.45) is 0 Å². The molecule has 90 valence electrons. The van der Waals surface area contributed by atoms with Crippen molar-refractivity contribution in [1.82, 2.24) is 0 Å². The van der Waals surface area contributed by atoms with Crippen LogP contribution in [0.3, 0.4) is 0 Å². The van der Waals surface area contributed by atoms with Crippen LogP contribution in [-0.2, 0) is 0 Å². The normalized spacial score (nSPS) is 10.7. The maximum absolute atomic E-state index is 11.8. The van der Waals surface area contributed by atoms with Crippen LogP contribution in [0.25, 0.3) is 6.08 Å². The average Bonchev–Trinajstić information content (AvgIpc) is 2.89. The predicted molar refractivity (Wildman–Crippen MR) is 65.2 cm³/mol. The van der Waals surface area contributed by atoms with Crippen LogP contribution in [0.2, 0.25) is 0 Å². The van der Waals surface area contributed by atoms with E-state index in [1.165, 1.54) is 42.7 Å². The predicted octanol–water partition coefficient (Wildman–Crippen LogP) is 3.08. The number of nitro benzene ring substituents is 1. The van der Waals surface area contributed by atoms with E-state index >= 15 is 0 Å². The van der Waals surface area contributed by atoms with Crippen LogP contribution in [0.1, 0.15) is 16.1 Å². The summed E-state index contributed by atoms with van der Waals surface area (Å²) >= 11 is 0. The Kier molecular flexibility index (Phi) is 3.33. The molecule has 0 radical (unpaired) electrons. The standard InChI is InChI=1S/C13H9NO4/c15-13(7-6-12-5-2-8-18-12)10-3-1-4-11(9-10)14(16)17/h1-9H/b7-6+. The van der Waals surface area contributed by atoms with Gasteiger partial charge in [0.2, 0.25) is 0 Å². The van der Waals surface area contributed by atoms with Crippen molar-refractivity contribution in [1.29, 1.82) is 0 Å². The van der Waals surface area contributed by atoms with E-state index in [0.717, 1.165) is 0 Å². The first-order valence-corrected chi connectivity index (χ1v) is 5.17. The van der Waals surface area contributed by atoms with Crippen LogP contribution in [0, 0.1) is 10.1 Å². The van der Waals surface area contributed by atoms with Crippen LogP contribution in [-0.4, -0.2) is 10.7 Å². The highest BCUT2D eigenvalue weighted by atomic mass is 16.6. The first-order chi connectivity index (χ1) is 8.66. The van der Waals surface area contributed by atoms with E-state index < -0.39 is 4.92 Å². The summed E-state index contributed by atoms with van der Waals surface area (Å²) in [5, 5.41) is 10.6. The summed E-state index contributed by atoms with van der Waals surface area (Å²) in [4.78, 5) is 21.8. The van der Waals surface area contributed by atoms with Gasteiger partial charge in [0.25, 0.3) is 5.69 Å². The number of carbonyl (C=O) groups excluding carboxylic acids is 1. The molecule has 1 heterocycles. The van der Waals surface area contributed by atoms with Gasteiger partial charge in [0.1, 0.15) is 5.76 Å². The van der Waals surface area contributed by atoms with E-state index in [9.17, 15) is 14.9 Å². The molecule has 0 atom stereocenters. The van der Waals surface area contributed by atoms with Gasteiger partial charge in [-0.15, -0.1) is 0 Å². The summed E-state index contributed by atoms with van der Waals surface area (Å²) in [6, 6.07) is 9.00. The summed E-state index contributed by atoms with van der Waals surface area (Å²) in [7, 11) is 0. The molecular weight excluding hydrogens is 234 g/mol. The summed E-state index contributed by atoms with van der Waals surface area (Å²) in [6.07, 6.45) is 4.33. The van der Waals surface area contributed by atoms with Crippen molar-refractivity contribution < 1.29 is 14.1 Å². The van der Waals surface area contributed by atoms with Crippen LogP contribution in [0.15, 0.2) is 53.2 Å². The van der Waals surface area contributed by atoms with Crippen molar-refractivity contribution >= 4 is 17.5 Å². The van der Waals surface area contributed by atoms with Gasteiger partial charge in [0, 0.05) is 17.7 Å². The molecule has 18 heavy (non-hydrogen) atoms. The molecule has 1 aromatic heterocycles. The summed E-state index contributed by atoms with van der Waals surface area (Å²) in [5.74, 6) is 0.240. The first kappa shape index (κ1) is 11.8. The smallest absolute Gasteiger partial charge is 0.270 e. The first-order valence-electron chi connectivity index (χ1n) is 5.17. The van der Waals surface area contributed by atoms with Crippen molar-refractivity contribution in [2.75, 3.05) is 0 Å². The molecule has 0 spiro atoms. The van der Waals surface area contributed by atoms with Gasteiger partial charge in [-0.2, -0.15) is 0 Å². The van der Waals surface area contributed by atoms with Crippen LogP contribution >= 0.6 is 0 Å². The van der Waals surface area contributed by atoms with E-state index in [1.54, 1.807) is 12.1 Å². The minimum Gasteiger partial charge on any atom is -0.465 e. The number of nitrogens with zero attached hydrogens (tertiary/aromatic N) is 1. The SMILES string of the molecule is O=C(/C=C/c1ccco1)c1cccc([N+](=O)[O-])c1. The van der Waals surface area contributed by atoms with Crippen molar-refractivity contribution in [3.63, 3.8) is 0 Å². The molecule has 0 unspecified atom stereocenters.